The van der Waals surface area contributed by atoms with Crippen LogP contribution in [0.5, 0.6) is 0 Å². The van der Waals surface area contributed by atoms with E-state index in [1.807, 2.05) is 6.92 Å². The number of rotatable bonds is 6. The zero-order valence-corrected chi connectivity index (χ0v) is 13.5. The van der Waals surface area contributed by atoms with Crippen LogP contribution in [-0.2, 0) is 10.0 Å². The third-order valence-electron chi connectivity index (χ3n) is 2.47. The number of nitro groups is 1. The SMILES string of the molecule is CCCNc1ccc([N+](=O)[O-])c(S(=O)(=O)NC(C)(C)C)c1. The van der Waals surface area contributed by atoms with Crippen LogP contribution in [0.25, 0.3) is 0 Å². The van der Waals surface area contributed by atoms with Gasteiger partial charge in [-0.2, -0.15) is 0 Å². The summed E-state index contributed by atoms with van der Waals surface area (Å²) in [5.41, 5.74) is -0.620. The summed E-state index contributed by atoms with van der Waals surface area (Å²) in [6.07, 6.45) is 0.860. The molecule has 21 heavy (non-hydrogen) atoms. The van der Waals surface area contributed by atoms with Gasteiger partial charge < -0.3 is 5.32 Å². The second kappa shape index (κ2) is 6.40. The first-order valence-corrected chi connectivity index (χ1v) is 8.11. The first-order chi connectivity index (χ1) is 9.57. The molecule has 0 saturated carbocycles. The summed E-state index contributed by atoms with van der Waals surface area (Å²) in [5, 5.41) is 14.1. The number of nitro benzene ring substituents is 1. The van der Waals surface area contributed by atoms with Gasteiger partial charge in [-0.1, -0.05) is 6.92 Å². The summed E-state index contributed by atoms with van der Waals surface area (Å²) in [6, 6.07) is 4.00. The summed E-state index contributed by atoms with van der Waals surface area (Å²) < 4.78 is 27.1. The van der Waals surface area contributed by atoms with Crippen LogP contribution in [0.15, 0.2) is 23.1 Å². The van der Waals surface area contributed by atoms with Gasteiger partial charge in [0.2, 0.25) is 10.0 Å². The molecule has 7 nitrogen and oxygen atoms in total. The molecule has 8 heteroatoms. The molecule has 0 unspecified atom stereocenters. The normalized spacial score (nSPS) is 12.2. The first kappa shape index (κ1) is 17.4. The van der Waals surface area contributed by atoms with Gasteiger partial charge in [0.1, 0.15) is 0 Å². The molecule has 0 saturated heterocycles. The maximum absolute atomic E-state index is 12.4. The van der Waals surface area contributed by atoms with Gasteiger partial charge in [-0.25, -0.2) is 13.1 Å². The molecule has 0 amide bonds. The van der Waals surface area contributed by atoms with Gasteiger partial charge in [0.05, 0.1) is 4.92 Å². The average molecular weight is 315 g/mol. The average Bonchev–Trinajstić information content (AvgIpc) is 2.33. The van der Waals surface area contributed by atoms with Gasteiger partial charge in [-0.15, -0.1) is 0 Å². The second-order valence-corrected chi connectivity index (χ2v) is 7.37. The molecule has 1 rings (SSSR count). The third-order valence-corrected chi connectivity index (χ3v) is 4.25. The highest BCUT2D eigenvalue weighted by molar-refractivity contribution is 7.89. The fraction of sp³-hybridized carbons (Fsp3) is 0.538. The second-order valence-electron chi connectivity index (χ2n) is 5.72. The Morgan fingerprint density at radius 2 is 1.90 bits per heavy atom. The molecule has 0 fully saturated rings. The monoisotopic (exact) mass is 315 g/mol. The summed E-state index contributed by atoms with van der Waals surface area (Å²) >= 11 is 0. The lowest BCUT2D eigenvalue weighted by Crippen LogP contribution is -2.40. The minimum absolute atomic E-state index is 0.330. The van der Waals surface area contributed by atoms with E-state index < -0.39 is 26.2 Å². The van der Waals surface area contributed by atoms with Crippen LogP contribution >= 0.6 is 0 Å². The molecule has 0 bridgehead atoms. The van der Waals surface area contributed by atoms with E-state index in [4.69, 9.17) is 0 Å². The van der Waals surface area contributed by atoms with Gasteiger partial charge in [0, 0.05) is 23.8 Å². The predicted molar refractivity (Wildman–Crippen MR) is 82.0 cm³/mol. The number of nitrogens with zero attached hydrogens (tertiary/aromatic N) is 1. The van der Waals surface area contributed by atoms with Crippen molar-refractivity contribution in [1.82, 2.24) is 4.72 Å². The third kappa shape index (κ3) is 4.98. The summed E-state index contributed by atoms with van der Waals surface area (Å²) in [7, 11) is -3.97. The molecule has 2 N–H and O–H groups in total. The molecule has 0 aliphatic rings. The van der Waals surface area contributed by atoms with Crippen LogP contribution in [0.2, 0.25) is 0 Å². The van der Waals surface area contributed by atoms with Crippen molar-refractivity contribution in [2.24, 2.45) is 0 Å². The summed E-state index contributed by atoms with van der Waals surface area (Å²) in [4.78, 5) is 10.0. The molecule has 0 atom stereocenters. The van der Waals surface area contributed by atoms with E-state index in [2.05, 4.69) is 10.0 Å². The number of hydrogen-bond acceptors (Lipinski definition) is 5. The maximum atomic E-state index is 12.4. The lowest BCUT2D eigenvalue weighted by Gasteiger charge is -2.20. The van der Waals surface area contributed by atoms with Crippen LogP contribution in [0.1, 0.15) is 34.1 Å². The van der Waals surface area contributed by atoms with Gasteiger partial charge >= 0.3 is 0 Å². The quantitative estimate of drug-likeness (QED) is 0.620. The fourth-order valence-corrected chi connectivity index (χ4v) is 3.33. The van der Waals surface area contributed by atoms with E-state index in [0.29, 0.717) is 12.2 Å². The number of hydrogen-bond donors (Lipinski definition) is 2. The van der Waals surface area contributed by atoms with Crippen molar-refractivity contribution in [2.75, 3.05) is 11.9 Å². The van der Waals surface area contributed by atoms with Crippen molar-refractivity contribution in [1.29, 1.82) is 0 Å². The topological polar surface area (TPSA) is 101 Å². The van der Waals surface area contributed by atoms with E-state index in [9.17, 15) is 18.5 Å². The minimum atomic E-state index is -3.97. The lowest BCUT2D eigenvalue weighted by atomic mass is 10.1. The standard InChI is InChI=1S/C13H21N3O4S/c1-5-8-14-10-6-7-11(16(17)18)12(9-10)21(19,20)15-13(2,3)4/h6-7,9,14-15H,5,8H2,1-4H3. The number of sulfonamides is 1. The van der Waals surface area contributed by atoms with E-state index in [1.165, 1.54) is 18.2 Å². The smallest absolute Gasteiger partial charge is 0.289 e. The molecule has 0 spiro atoms. The van der Waals surface area contributed by atoms with E-state index in [-0.39, 0.29) is 4.90 Å². The van der Waals surface area contributed by atoms with Gasteiger partial charge in [0.15, 0.2) is 4.90 Å². The van der Waals surface area contributed by atoms with E-state index >= 15 is 0 Å². The predicted octanol–water partition coefficient (Wildman–Crippen LogP) is 2.49. The number of anilines is 1. The zero-order chi connectivity index (χ0) is 16.3. The van der Waals surface area contributed by atoms with Crippen LogP contribution in [0, 0.1) is 10.1 Å². The molecule has 1 aromatic carbocycles. The van der Waals surface area contributed by atoms with Crippen molar-refractivity contribution in [3.05, 3.63) is 28.3 Å². The Kier molecular flexibility index (Phi) is 5.30. The van der Waals surface area contributed by atoms with Crippen molar-refractivity contribution in [3.63, 3.8) is 0 Å². The van der Waals surface area contributed by atoms with E-state index in [0.717, 1.165) is 6.42 Å². The van der Waals surface area contributed by atoms with Crippen molar-refractivity contribution in [3.8, 4) is 0 Å². The highest BCUT2D eigenvalue weighted by Crippen LogP contribution is 2.28. The Balaban J connectivity index is 3.32. The van der Waals surface area contributed by atoms with Gasteiger partial charge in [-0.05, 0) is 39.3 Å². The molecule has 0 aromatic heterocycles. The van der Waals surface area contributed by atoms with Crippen LogP contribution in [0.3, 0.4) is 0 Å². The van der Waals surface area contributed by atoms with Crippen LogP contribution < -0.4 is 10.0 Å². The van der Waals surface area contributed by atoms with Gasteiger partial charge in [0.25, 0.3) is 5.69 Å². The Morgan fingerprint density at radius 1 is 1.29 bits per heavy atom. The highest BCUT2D eigenvalue weighted by Gasteiger charge is 2.29. The zero-order valence-electron chi connectivity index (χ0n) is 12.6. The molecule has 0 radical (unpaired) electrons. The van der Waals surface area contributed by atoms with Crippen molar-refractivity contribution in [2.45, 2.75) is 44.6 Å². The molecular formula is C13H21N3O4S. The van der Waals surface area contributed by atoms with Crippen molar-refractivity contribution < 1.29 is 13.3 Å². The van der Waals surface area contributed by atoms with E-state index in [1.54, 1.807) is 20.8 Å². The van der Waals surface area contributed by atoms with Crippen molar-refractivity contribution >= 4 is 21.4 Å². The number of nitrogens with one attached hydrogen (secondary N) is 2. The Labute approximate surface area is 124 Å². The molecular weight excluding hydrogens is 294 g/mol. The molecule has 0 heterocycles. The van der Waals surface area contributed by atoms with Gasteiger partial charge in [-0.3, -0.25) is 10.1 Å². The summed E-state index contributed by atoms with van der Waals surface area (Å²) in [6.45, 7) is 7.65. The molecule has 1 aromatic rings. The Morgan fingerprint density at radius 3 is 2.38 bits per heavy atom. The lowest BCUT2D eigenvalue weighted by molar-refractivity contribution is -0.387. The number of benzene rings is 1. The highest BCUT2D eigenvalue weighted by atomic mass is 32.2. The van der Waals surface area contributed by atoms with Crippen LogP contribution in [-0.4, -0.2) is 25.4 Å². The maximum Gasteiger partial charge on any atom is 0.289 e. The largest absolute Gasteiger partial charge is 0.385 e. The molecule has 0 aliphatic carbocycles. The molecule has 0 aliphatic heterocycles. The first-order valence-electron chi connectivity index (χ1n) is 6.63. The Hall–Kier alpha value is -1.67. The molecule has 118 valence electrons. The van der Waals surface area contributed by atoms with Crippen LogP contribution in [0.4, 0.5) is 11.4 Å². The fourth-order valence-electron chi connectivity index (χ4n) is 1.72. The Bertz CT molecular complexity index is 621. The summed E-state index contributed by atoms with van der Waals surface area (Å²) in [5.74, 6) is 0. The minimum Gasteiger partial charge on any atom is -0.385 e.